The van der Waals surface area contributed by atoms with Crippen molar-refractivity contribution in [3.05, 3.63) is 69.6 Å². The van der Waals surface area contributed by atoms with E-state index < -0.39 is 10.0 Å². The molecule has 0 atom stereocenters. The Kier molecular flexibility index (Phi) is 4.14. The normalized spacial score (nSPS) is 12.0. The summed E-state index contributed by atoms with van der Waals surface area (Å²) >= 11 is 8.01. The van der Waals surface area contributed by atoms with Crippen molar-refractivity contribution in [3.63, 3.8) is 0 Å². The third-order valence-electron chi connectivity index (χ3n) is 4.21. The van der Waals surface area contributed by atoms with Gasteiger partial charge in [0.15, 0.2) is 5.65 Å². The molecule has 0 spiro atoms. The van der Waals surface area contributed by atoms with E-state index in [2.05, 4.69) is 4.98 Å². The van der Waals surface area contributed by atoms with Gasteiger partial charge in [0, 0.05) is 22.8 Å². The van der Waals surface area contributed by atoms with Gasteiger partial charge in [0.25, 0.3) is 10.0 Å². The van der Waals surface area contributed by atoms with Gasteiger partial charge < -0.3 is 0 Å². The smallest absolute Gasteiger partial charge is 0.234 e. The summed E-state index contributed by atoms with van der Waals surface area (Å²) in [6, 6.07) is 10.5. The van der Waals surface area contributed by atoms with Gasteiger partial charge in [-0.3, -0.25) is 0 Å². The second-order valence-electron chi connectivity index (χ2n) is 6.11. The minimum Gasteiger partial charge on any atom is -0.234 e. The lowest BCUT2D eigenvalue weighted by Crippen LogP contribution is -2.12. The average Bonchev–Trinajstić information content (AvgIpc) is 3.22. The van der Waals surface area contributed by atoms with Gasteiger partial charge in [0.2, 0.25) is 0 Å². The van der Waals surface area contributed by atoms with Crippen LogP contribution in [0.3, 0.4) is 0 Å². The van der Waals surface area contributed by atoms with Crippen molar-refractivity contribution in [1.29, 1.82) is 0 Å². The Balaban J connectivity index is 2.06. The van der Waals surface area contributed by atoms with E-state index in [1.54, 1.807) is 54.8 Å². The van der Waals surface area contributed by atoms with Crippen molar-refractivity contribution in [2.75, 3.05) is 0 Å². The predicted molar refractivity (Wildman–Crippen MR) is 107 cm³/mol. The first-order chi connectivity index (χ1) is 12.4. The zero-order valence-electron chi connectivity index (χ0n) is 14.1. The highest BCUT2D eigenvalue weighted by atomic mass is 35.5. The molecular formula is C19H15ClN2O2S2. The van der Waals surface area contributed by atoms with E-state index in [0.29, 0.717) is 21.7 Å². The second kappa shape index (κ2) is 6.23. The SMILES string of the molecule is Cc1ccc(S(=O)(=O)n2cc(-c3ccsc3)c3c(Cl)cc(C)nc32)cc1. The van der Waals surface area contributed by atoms with Crippen molar-refractivity contribution in [2.45, 2.75) is 18.7 Å². The fourth-order valence-electron chi connectivity index (χ4n) is 2.91. The molecule has 1 aromatic carbocycles. The van der Waals surface area contributed by atoms with Crippen LogP contribution in [0.2, 0.25) is 5.02 Å². The third-order valence-corrected chi connectivity index (χ3v) is 6.86. The number of aromatic nitrogens is 2. The van der Waals surface area contributed by atoms with Crippen LogP contribution in [0.5, 0.6) is 0 Å². The molecule has 0 aliphatic carbocycles. The number of pyridine rings is 1. The van der Waals surface area contributed by atoms with Gasteiger partial charge in [-0.2, -0.15) is 11.3 Å². The molecule has 132 valence electrons. The fraction of sp³-hybridized carbons (Fsp3) is 0.105. The van der Waals surface area contributed by atoms with Crippen molar-refractivity contribution in [3.8, 4) is 11.1 Å². The molecule has 4 nitrogen and oxygen atoms in total. The molecule has 26 heavy (non-hydrogen) atoms. The summed E-state index contributed by atoms with van der Waals surface area (Å²) in [6.45, 7) is 3.71. The first kappa shape index (κ1) is 17.3. The van der Waals surface area contributed by atoms with Crippen LogP contribution in [0.1, 0.15) is 11.3 Å². The van der Waals surface area contributed by atoms with Gasteiger partial charge in [-0.1, -0.05) is 29.3 Å². The highest BCUT2D eigenvalue weighted by Crippen LogP contribution is 2.37. The molecule has 0 saturated carbocycles. The van der Waals surface area contributed by atoms with E-state index in [0.717, 1.165) is 16.7 Å². The van der Waals surface area contributed by atoms with Crippen LogP contribution < -0.4 is 0 Å². The summed E-state index contributed by atoms with van der Waals surface area (Å²) in [5.74, 6) is 0. The molecule has 0 radical (unpaired) electrons. The molecule has 3 heterocycles. The maximum Gasteiger partial charge on any atom is 0.269 e. The maximum atomic E-state index is 13.2. The lowest BCUT2D eigenvalue weighted by atomic mass is 10.1. The number of hydrogen-bond acceptors (Lipinski definition) is 4. The van der Waals surface area contributed by atoms with Crippen molar-refractivity contribution < 1.29 is 8.42 Å². The highest BCUT2D eigenvalue weighted by molar-refractivity contribution is 7.90. The number of aryl methyl sites for hydroxylation is 2. The topological polar surface area (TPSA) is 52.0 Å². The predicted octanol–water partition coefficient (Wildman–Crippen LogP) is 5.27. The molecule has 0 saturated heterocycles. The minimum absolute atomic E-state index is 0.219. The monoisotopic (exact) mass is 402 g/mol. The Morgan fingerprint density at radius 2 is 1.85 bits per heavy atom. The number of rotatable bonds is 3. The summed E-state index contributed by atoms with van der Waals surface area (Å²) in [5, 5.41) is 5.05. The van der Waals surface area contributed by atoms with Gasteiger partial charge in [-0.15, -0.1) is 0 Å². The standard InChI is InChI=1S/C19H15ClN2O2S2/c1-12-3-5-15(6-4-12)26(23,24)22-10-16(14-7-8-25-11-14)18-17(20)9-13(2)21-19(18)22/h3-11H,1-2H3. The summed E-state index contributed by atoms with van der Waals surface area (Å²) in [5.41, 5.74) is 3.69. The largest absolute Gasteiger partial charge is 0.269 e. The van der Waals surface area contributed by atoms with E-state index in [-0.39, 0.29) is 4.90 Å². The molecular weight excluding hydrogens is 388 g/mol. The molecule has 0 unspecified atom stereocenters. The van der Waals surface area contributed by atoms with Gasteiger partial charge in [0.1, 0.15) is 0 Å². The zero-order valence-corrected chi connectivity index (χ0v) is 16.5. The quantitative estimate of drug-likeness (QED) is 0.469. The number of hydrogen-bond donors (Lipinski definition) is 0. The summed E-state index contributed by atoms with van der Waals surface area (Å²) in [6.07, 6.45) is 1.61. The Morgan fingerprint density at radius 3 is 2.50 bits per heavy atom. The molecule has 0 aliphatic rings. The minimum atomic E-state index is -3.79. The highest BCUT2D eigenvalue weighted by Gasteiger charge is 2.24. The molecule has 4 aromatic rings. The number of thiophene rings is 1. The first-order valence-corrected chi connectivity index (χ1v) is 10.7. The van der Waals surface area contributed by atoms with Crippen LogP contribution in [0.25, 0.3) is 22.2 Å². The second-order valence-corrected chi connectivity index (χ2v) is 9.11. The Bertz CT molecular complexity index is 1210. The molecule has 3 aromatic heterocycles. The number of fused-ring (bicyclic) bond motifs is 1. The van der Waals surface area contributed by atoms with Crippen LogP contribution in [-0.2, 0) is 10.0 Å². The van der Waals surface area contributed by atoms with Gasteiger partial charge in [-0.25, -0.2) is 17.4 Å². The number of halogens is 1. The molecule has 7 heteroatoms. The molecule has 0 aliphatic heterocycles. The molecule has 0 amide bonds. The fourth-order valence-corrected chi connectivity index (χ4v) is 5.22. The number of benzene rings is 1. The van der Waals surface area contributed by atoms with Gasteiger partial charge in [-0.05, 0) is 54.4 Å². The van der Waals surface area contributed by atoms with E-state index in [1.165, 1.54) is 3.97 Å². The van der Waals surface area contributed by atoms with Crippen LogP contribution in [0.4, 0.5) is 0 Å². The molecule has 4 rings (SSSR count). The van der Waals surface area contributed by atoms with Crippen molar-refractivity contribution in [2.24, 2.45) is 0 Å². The Labute approximate surface area is 160 Å². The molecule has 0 N–H and O–H groups in total. The van der Waals surface area contributed by atoms with Crippen molar-refractivity contribution >= 4 is 44.0 Å². The Hall–Kier alpha value is -2.15. The lowest BCUT2D eigenvalue weighted by molar-refractivity contribution is 0.589. The first-order valence-electron chi connectivity index (χ1n) is 7.91. The van der Waals surface area contributed by atoms with Crippen LogP contribution in [0, 0.1) is 13.8 Å². The lowest BCUT2D eigenvalue weighted by Gasteiger charge is -2.08. The zero-order chi connectivity index (χ0) is 18.5. The summed E-state index contributed by atoms with van der Waals surface area (Å²) in [4.78, 5) is 4.70. The van der Waals surface area contributed by atoms with Gasteiger partial charge >= 0.3 is 0 Å². The average molecular weight is 403 g/mol. The van der Waals surface area contributed by atoms with Crippen LogP contribution in [0.15, 0.2) is 58.3 Å². The maximum absolute atomic E-state index is 13.2. The van der Waals surface area contributed by atoms with E-state index >= 15 is 0 Å². The summed E-state index contributed by atoms with van der Waals surface area (Å²) in [7, 11) is -3.79. The van der Waals surface area contributed by atoms with E-state index in [1.807, 2.05) is 23.8 Å². The van der Waals surface area contributed by atoms with Crippen molar-refractivity contribution in [1.82, 2.24) is 8.96 Å². The van der Waals surface area contributed by atoms with Crippen LogP contribution in [-0.4, -0.2) is 17.4 Å². The van der Waals surface area contributed by atoms with E-state index in [9.17, 15) is 8.42 Å². The molecule has 0 bridgehead atoms. The Morgan fingerprint density at radius 1 is 1.12 bits per heavy atom. The molecule has 0 fully saturated rings. The number of nitrogens with zero attached hydrogens (tertiary/aromatic N) is 2. The third kappa shape index (κ3) is 2.74. The van der Waals surface area contributed by atoms with E-state index in [4.69, 9.17) is 11.6 Å². The van der Waals surface area contributed by atoms with Gasteiger partial charge in [0.05, 0.1) is 9.92 Å². The van der Waals surface area contributed by atoms with Crippen LogP contribution >= 0.6 is 22.9 Å². The summed E-state index contributed by atoms with van der Waals surface area (Å²) < 4.78 is 27.7.